The minimum Gasteiger partial charge on any atom is -0.321 e. The summed E-state index contributed by atoms with van der Waals surface area (Å²) in [5, 5.41) is 20.1. The standard InChI is InChI=1S/C20H15N7O/c1-11-12(2)18(23-9-13(11)8-21)20(28)25-14-3-4-16-15(7-14)19(27-26-16)17-5-6-22-10-24-17/h3-7,9-10H,1-2H3,(H,25,28)(H,26,27). The van der Waals surface area contributed by atoms with E-state index in [0.29, 0.717) is 33.9 Å². The molecule has 0 aliphatic rings. The van der Waals surface area contributed by atoms with Crippen LogP contribution in [0.2, 0.25) is 0 Å². The van der Waals surface area contributed by atoms with Crippen LogP contribution in [0.3, 0.4) is 0 Å². The number of nitriles is 1. The van der Waals surface area contributed by atoms with E-state index in [1.54, 1.807) is 32.2 Å². The number of nitrogens with one attached hydrogen (secondary N) is 2. The van der Waals surface area contributed by atoms with Gasteiger partial charge in [0.25, 0.3) is 5.91 Å². The highest BCUT2D eigenvalue weighted by Crippen LogP contribution is 2.27. The molecule has 4 aromatic rings. The first kappa shape index (κ1) is 17.3. The van der Waals surface area contributed by atoms with Crippen molar-refractivity contribution in [2.75, 3.05) is 5.32 Å². The molecule has 3 heterocycles. The van der Waals surface area contributed by atoms with Gasteiger partial charge in [0.2, 0.25) is 0 Å². The molecule has 0 fully saturated rings. The molecule has 2 N–H and O–H groups in total. The highest BCUT2D eigenvalue weighted by molar-refractivity contribution is 6.05. The normalized spacial score (nSPS) is 10.6. The number of fused-ring (bicyclic) bond motifs is 1. The van der Waals surface area contributed by atoms with Crippen molar-refractivity contribution < 1.29 is 4.79 Å². The van der Waals surface area contributed by atoms with Gasteiger partial charge < -0.3 is 5.32 Å². The predicted molar refractivity (Wildman–Crippen MR) is 103 cm³/mol. The molecule has 0 saturated carbocycles. The lowest BCUT2D eigenvalue weighted by Crippen LogP contribution is -2.16. The summed E-state index contributed by atoms with van der Waals surface area (Å²) in [6, 6.07) is 9.31. The third-order valence-corrected chi connectivity index (χ3v) is 4.63. The first-order valence-corrected chi connectivity index (χ1v) is 8.50. The number of carbonyl (C=O) groups is 1. The monoisotopic (exact) mass is 369 g/mol. The van der Waals surface area contributed by atoms with Gasteiger partial charge in [-0.15, -0.1) is 0 Å². The van der Waals surface area contributed by atoms with Crippen LogP contribution in [-0.2, 0) is 0 Å². The van der Waals surface area contributed by atoms with E-state index in [4.69, 9.17) is 5.26 Å². The van der Waals surface area contributed by atoms with Gasteiger partial charge in [-0.1, -0.05) is 0 Å². The van der Waals surface area contributed by atoms with Crippen LogP contribution in [0.5, 0.6) is 0 Å². The number of H-pyrrole nitrogens is 1. The number of hydrogen-bond acceptors (Lipinski definition) is 6. The van der Waals surface area contributed by atoms with Crippen molar-refractivity contribution in [2.24, 2.45) is 0 Å². The fourth-order valence-corrected chi connectivity index (χ4v) is 2.95. The predicted octanol–water partition coefficient (Wildman–Crippen LogP) is 3.16. The molecule has 136 valence electrons. The van der Waals surface area contributed by atoms with Crippen LogP contribution in [0, 0.1) is 25.2 Å². The Hall–Kier alpha value is -4.12. The molecule has 0 spiro atoms. The molecule has 0 saturated heterocycles. The zero-order chi connectivity index (χ0) is 19.7. The van der Waals surface area contributed by atoms with Gasteiger partial charge in [0.05, 0.1) is 16.8 Å². The molecule has 1 amide bonds. The second-order valence-corrected chi connectivity index (χ2v) is 6.26. The number of nitrogens with zero attached hydrogens (tertiary/aromatic N) is 5. The number of amides is 1. The van der Waals surface area contributed by atoms with Gasteiger partial charge in [-0.25, -0.2) is 15.0 Å². The Kier molecular flexibility index (Phi) is 4.26. The smallest absolute Gasteiger partial charge is 0.274 e. The van der Waals surface area contributed by atoms with E-state index >= 15 is 0 Å². The van der Waals surface area contributed by atoms with Crippen LogP contribution >= 0.6 is 0 Å². The Morgan fingerprint density at radius 2 is 2.04 bits per heavy atom. The van der Waals surface area contributed by atoms with E-state index in [9.17, 15) is 4.79 Å². The summed E-state index contributed by atoms with van der Waals surface area (Å²) in [5.74, 6) is -0.337. The molecule has 0 atom stereocenters. The molecule has 1 aromatic carbocycles. The molecule has 0 aliphatic heterocycles. The lowest BCUT2D eigenvalue weighted by molar-refractivity contribution is 0.102. The van der Waals surface area contributed by atoms with Crippen molar-refractivity contribution in [3.8, 4) is 17.5 Å². The highest BCUT2D eigenvalue weighted by atomic mass is 16.1. The number of anilines is 1. The van der Waals surface area contributed by atoms with Gasteiger partial charge >= 0.3 is 0 Å². The summed E-state index contributed by atoms with van der Waals surface area (Å²) in [6.07, 6.45) is 4.53. The van der Waals surface area contributed by atoms with E-state index in [-0.39, 0.29) is 5.91 Å². The van der Waals surface area contributed by atoms with Gasteiger partial charge in [-0.2, -0.15) is 10.4 Å². The van der Waals surface area contributed by atoms with Crippen molar-refractivity contribution in [1.82, 2.24) is 25.1 Å². The summed E-state index contributed by atoms with van der Waals surface area (Å²) < 4.78 is 0. The van der Waals surface area contributed by atoms with E-state index in [2.05, 4.69) is 36.5 Å². The van der Waals surface area contributed by atoms with Crippen molar-refractivity contribution in [3.05, 3.63) is 65.4 Å². The molecule has 3 aromatic heterocycles. The number of aromatic nitrogens is 5. The Morgan fingerprint density at radius 3 is 2.79 bits per heavy atom. The molecule has 0 bridgehead atoms. The first-order chi connectivity index (χ1) is 13.6. The molecular formula is C20H15N7O. The average molecular weight is 369 g/mol. The number of aromatic amines is 1. The van der Waals surface area contributed by atoms with Gasteiger partial charge in [-0.3, -0.25) is 9.89 Å². The van der Waals surface area contributed by atoms with Gasteiger partial charge in [0.15, 0.2) is 0 Å². The molecule has 0 unspecified atom stereocenters. The van der Waals surface area contributed by atoms with Crippen LogP contribution in [0.1, 0.15) is 27.2 Å². The molecule has 28 heavy (non-hydrogen) atoms. The highest BCUT2D eigenvalue weighted by Gasteiger charge is 2.16. The Labute approximate surface area is 160 Å². The molecule has 0 radical (unpaired) electrons. The SMILES string of the molecule is Cc1c(C#N)cnc(C(=O)Nc2ccc3[nH]nc(-c4ccncn4)c3c2)c1C. The van der Waals surface area contributed by atoms with Crippen LogP contribution in [-0.4, -0.2) is 31.1 Å². The summed E-state index contributed by atoms with van der Waals surface area (Å²) in [4.78, 5) is 25.0. The topological polar surface area (TPSA) is 120 Å². The minimum absolute atomic E-state index is 0.291. The van der Waals surface area contributed by atoms with E-state index in [1.165, 1.54) is 12.5 Å². The van der Waals surface area contributed by atoms with Crippen LogP contribution in [0.4, 0.5) is 5.69 Å². The maximum Gasteiger partial charge on any atom is 0.274 e. The third-order valence-electron chi connectivity index (χ3n) is 4.63. The zero-order valence-corrected chi connectivity index (χ0v) is 15.2. The van der Waals surface area contributed by atoms with Crippen molar-refractivity contribution in [2.45, 2.75) is 13.8 Å². The first-order valence-electron chi connectivity index (χ1n) is 8.50. The van der Waals surface area contributed by atoms with Crippen LogP contribution in [0.15, 0.2) is 43.0 Å². The fraction of sp³-hybridized carbons (Fsp3) is 0.100. The van der Waals surface area contributed by atoms with E-state index < -0.39 is 0 Å². The Morgan fingerprint density at radius 1 is 1.18 bits per heavy atom. The largest absolute Gasteiger partial charge is 0.321 e. The summed E-state index contributed by atoms with van der Waals surface area (Å²) >= 11 is 0. The molecule has 4 rings (SSSR count). The van der Waals surface area contributed by atoms with Gasteiger partial charge in [-0.05, 0) is 49.2 Å². The lowest BCUT2D eigenvalue weighted by atomic mass is 10.0. The average Bonchev–Trinajstić information content (AvgIpc) is 3.14. The minimum atomic E-state index is -0.337. The summed E-state index contributed by atoms with van der Waals surface area (Å²) in [7, 11) is 0. The Balaban J connectivity index is 1.68. The number of pyridine rings is 1. The van der Waals surface area contributed by atoms with Crippen molar-refractivity contribution >= 4 is 22.5 Å². The van der Waals surface area contributed by atoms with E-state index in [0.717, 1.165) is 16.5 Å². The van der Waals surface area contributed by atoms with Crippen molar-refractivity contribution in [3.63, 3.8) is 0 Å². The van der Waals surface area contributed by atoms with Gasteiger partial charge in [0.1, 0.15) is 23.8 Å². The quantitative estimate of drug-likeness (QED) is 0.572. The van der Waals surface area contributed by atoms with E-state index in [1.807, 2.05) is 12.1 Å². The maximum atomic E-state index is 12.7. The maximum absolute atomic E-state index is 12.7. The molecule has 8 nitrogen and oxygen atoms in total. The lowest BCUT2D eigenvalue weighted by Gasteiger charge is -2.10. The van der Waals surface area contributed by atoms with Gasteiger partial charge in [0, 0.05) is 23.5 Å². The van der Waals surface area contributed by atoms with Crippen LogP contribution in [0.25, 0.3) is 22.3 Å². The fourth-order valence-electron chi connectivity index (χ4n) is 2.95. The number of rotatable bonds is 3. The Bertz CT molecular complexity index is 1240. The van der Waals surface area contributed by atoms with Crippen molar-refractivity contribution in [1.29, 1.82) is 5.26 Å². The number of carbonyl (C=O) groups excluding carboxylic acids is 1. The molecule has 8 heteroatoms. The molecular weight excluding hydrogens is 354 g/mol. The number of benzene rings is 1. The zero-order valence-electron chi connectivity index (χ0n) is 15.2. The summed E-state index contributed by atoms with van der Waals surface area (Å²) in [5.41, 5.74) is 4.99. The second kappa shape index (κ2) is 6.89. The summed E-state index contributed by atoms with van der Waals surface area (Å²) in [6.45, 7) is 3.59. The third kappa shape index (κ3) is 2.95. The second-order valence-electron chi connectivity index (χ2n) is 6.26. The number of hydrogen-bond donors (Lipinski definition) is 2. The molecule has 0 aliphatic carbocycles. The van der Waals surface area contributed by atoms with Crippen LogP contribution < -0.4 is 5.32 Å².